The van der Waals surface area contributed by atoms with Gasteiger partial charge in [-0.2, -0.15) is 0 Å². The third-order valence-corrected chi connectivity index (χ3v) is 4.14. The monoisotopic (exact) mass is 302 g/mol. The number of hydrogen-bond acceptors (Lipinski definition) is 4. The normalized spacial score (nSPS) is 15.3. The molecule has 2 heterocycles. The van der Waals surface area contributed by atoms with Crippen molar-refractivity contribution in [2.75, 3.05) is 36.0 Å². The van der Waals surface area contributed by atoms with Crippen LogP contribution in [0.3, 0.4) is 0 Å². The summed E-state index contributed by atoms with van der Waals surface area (Å²) in [6.07, 6.45) is 1.84. The van der Waals surface area contributed by atoms with Crippen molar-refractivity contribution >= 4 is 23.1 Å². The van der Waals surface area contributed by atoms with Crippen LogP contribution in [-0.4, -0.2) is 31.2 Å². The molecule has 1 aromatic carbocycles. The fourth-order valence-corrected chi connectivity index (χ4v) is 2.97. The topological polar surface area (TPSA) is 45.4 Å². The Morgan fingerprint density at radius 1 is 1.05 bits per heavy atom. The number of rotatable bonds is 3. The minimum atomic E-state index is 0.521. The Hall–Kier alpha value is -1.78. The minimum absolute atomic E-state index is 0.521. The number of hydrogen-bond donors (Lipinski definition) is 1. The highest BCUT2D eigenvalue weighted by Gasteiger charge is 2.19. The van der Waals surface area contributed by atoms with Crippen molar-refractivity contribution in [3.63, 3.8) is 0 Å². The van der Waals surface area contributed by atoms with Crippen LogP contribution in [0.4, 0.5) is 11.5 Å². The fraction of sp³-hybridized carbons (Fsp3) is 0.312. The van der Waals surface area contributed by atoms with E-state index in [-0.39, 0.29) is 0 Å². The summed E-state index contributed by atoms with van der Waals surface area (Å²) in [5.74, 6) is 1.04. The van der Waals surface area contributed by atoms with E-state index in [0.29, 0.717) is 6.54 Å². The number of nitrogens with zero attached hydrogens (tertiary/aromatic N) is 3. The largest absolute Gasteiger partial charge is 0.367 e. The number of piperazine rings is 1. The molecule has 5 heteroatoms. The summed E-state index contributed by atoms with van der Waals surface area (Å²) < 4.78 is 0. The molecule has 0 bridgehead atoms. The highest BCUT2D eigenvalue weighted by molar-refractivity contribution is 6.33. The molecular formula is C16H19ClN4. The van der Waals surface area contributed by atoms with Crippen molar-refractivity contribution in [3.8, 4) is 0 Å². The molecule has 1 saturated heterocycles. The van der Waals surface area contributed by atoms with Gasteiger partial charge in [-0.05, 0) is 29.8 Å². The van der Waals surface area contributed by atoms with E-state index in [2.05, 4.69) is 26.9 Å². The van der Waals surface area contributed by atoms with E-state index in [1.807, 2.05) is 30.5 Å². The first-order valence-electron chi connectivity index (χ1n) is 7.17. The Morgan fingerprint density at radius 3 is 2.43 bits per heavy atom. The van der Waals surface area contributed by atoms with Crippen LogP contribution in [0, 0.1) is 0 Å². The smallest absolute Gasteiger partial charge is 0.128 e. The van der Waals surface area contributed by atoms with Gasteiger partial charge in [0.05, 0.1) is 10.7 Å². The first kappa shape index (κ1) is 14.2. The summed E-state index contributed by atoms with van der Waals surface area (Å²) >= 11 is 6.37. The second-order valence-corrected chi connectivity index (χ2v) is 5.56. The predicted octanol–water partition coefficient (Wildman–Crippen LogP) is 2.52. The van der Waals surface area contributed by atoms with Gasteiger partial charge < -0.3 is 15.5 Å². The van der Waals surface area contributed by atoms with Crippen LogP contribution in [0.25, 0.3) is 0 Å². The predicted molar refractivity (Wildman–Crippen MR) is 88.0 cm³/mol. The number of pyridine rings is 1. The summed E-state index contributed by atoms with van der Waals surface area (Å²) in [5, 5.41) is 0.782. The summed E-state index contributed by atoms with van der Waals surface area (Å²) in [5.41, 5.74) is 7.80. The van der Waals surface area contributed by atoms with E-state index in [1.54, 1.807) is 0 Å². The lowest BCUT2D eigenvalue weighted by molar-refractivity contribution is 0.647. The molecule has 0 spiro atoms. The lowest BCUT2D eigenvalue weighted by Gasteiger charge is -2.37. The van der Waals surface area contributed by atoms with E-state index in [0.717, 1.165) is 48.3 Å². The second-order valence-electron chi connectivity index (χ2n) is 5.15. The van der Waals surface area contributed by atoms with Crippen molar-refractivity contribution in [3.05, 3.63) is 53.2 Å². The lowest BCUT2D eigenvalue weighted by Crippen LogP contribution is -2.46. The number of anilines is 2. The molecule has 0 atom stereocenters. The quantitative estimate of drug-likeness (QED) is 0.946. The van der Waals surface area contributed by atoms with E-state index in [4.69, 9.17) is 17.3 Å². The molecule has 4 nitrogen and oxygen atoms in total. The van der Waals surface area contributed by atoms with Crippen LogP contribution in [0.1, 0.15) is 5.56 Å². The number of halogens is 1. The molecule has 0 aliphatic carbocycles. The summed E-state index contributed by atoms with van der Waals surface area (Å²) in [6, 6.07) is 12.1. The Bertz CT molecular complexity index is 594. The van der Waals surface area contributed by atoms with Crippen molar-refractivity contribution in [1.82, 2.24) is 4.98 Å². The highest BCUT2D eigenvalue weighted by atomic mass is 35.5. The van der Waals surface area contributed by atoms with Crippen LogP contribution in [0.2, 0.25) is 5.02 Å². The molecule has 1 fully saturated rings. The highest BCUT2D eigenvalue weighted by Crippen LogP contribution is 2.28. The van der Waals surface area contributed by atoms with Gasteiger partial charge in [0, 0.05) is 38.9 Å². The molecule has 2 aromatic rings. The molecule has 2 N–H and O–H groups in total. The zero-order chi connectivity index (χ0) is 14.7. The van der Waals surface area contributed by atoms with Crippen LogP contribution in [-0.2, 0) is 6.54 Å². The van der Waals surface area contributed by atoms with Crippen LogP contribution >= 0.6 is 11.6 Å². The zero-order valence-electron chi connectivity index (χ0n) is 11.9. The molecule has 1 aliphatic heterocycles. The van der Waals surface area contributed by atoms with Gasteiger partial charge in [0.2, 0.25) is 0 Å². The molecule has 0 saturated carbocycles. The molecule has 0 radical (unpaired) electrons. The first-order valence-corrected chi connectivity index (χ1v) is 7.55. The van der Waals surface area contributed by atoms with Crippen molar-refractivity contribution in [1.29, 1.82) is 0 Å². The van der Waals surface area contributed by atoms with Crippen LogP contribution in [0.15, 0.2) is 42.6 Å². The lowest BCUT2D eigenvalue weighted by atomic mass is 10.1. The molecular weight excluding hydrogens is 284 g/mol. The third-order valence-electron chi connectivity index (χ3n) is 3.84. The SMILES string of the molecule is NCc1ccc(N2CCN(c3ccccn3)CC2)c(Cl)c1. The van der Waals surface area contributed by atoms with E-state index in [9.17, 15) is 0 Å². The van der Waals surface area contributed by atoms with Gasteiger partial charge in [-0.15, -0.1) is 0 Å². The molecule has 1 aromatic heterocycles. The molecule has 0 unspecified atom stereocenters. The van der Waals surface area contributed by atoms with Gasteiger partial charge in [-0.1, -0.05) is 23.7 Å². The Balaban J connectivity index is 1.68. The first-order chi connectivity index (χ1) is 10.3. The number of nitrogens with two attached hydrogens (primary N) is 1. The average Bonchev–Trinajstić information content (AvgIpc) is 2.56. The maximum absolute atomic E-state index is 6.37. The third kappa shape index (κ3) is 3.12. The van der Waals surface area contributed by atoms with Crippen molar-refractivity contribution in [2.45, 2.75) is 6.54 Å². The fourth-order valence-electron chi connectivity index (χ4n) is 2.65. The van der Waals surface area contributed by atoms with Gasteiger partial charge in [-0.25, -0.2) is 4.98 Å². The standard InChI is InChI=1S/C16H19ClN4/c17-14-11-13(12-18)4-5-15(14)20-7-9-21(10-8-20)16-3-1-2-6-19-16/h1-6,11H,7-10,12,18H2. The number of benzene rings is 1. The Labute approximate surface area is 130 Å². The van der Waals surface area contributed by atoms with Gasteiger partial charge >= 0.3 is 0 Å². The van der Waals surface area contributed by atoms with E-state index in [1.165, 1.54) is 0 Å². The van der Waals surface area contributed by atoms with Gasteiger partial charge in [0.1, 0.15) is 5.82 Å². The second kappa shape index (κ2) is 6.33. The van der Waals surface area contributed by atoms with Crippen molar-refractivity contribution in [2.24, 2.45) is 5.73 Å². The Kier molecular flexibility index (Phi) is 4.27. The Morgan fingerprint density at radius 2 is 1.81 bits per heavy atom. The summed E-state index contributed by atoms with van der Waals surface area (Å²) in [7, 11) is 0. The van der Waals surface area contributed by atoms with Gasteiger partial charge in [0.15, 0.2) is 0 Å². The average molecular weight is 303 g/mol. The van der Waals surface area contributed by atoms with Crippen LogP contribution < -0.4 is 15.5 Å². The van der Waals surface area contributed by atoms with Gasteiger partial charge in [-0.3, -0.25) is 0 Å². The van der Waals surface area contributed by atoms with Gasteiger partial charge in [0.25, 0.3) is 0 Å². The van der Waals surface area contributed by atoms with Crippen molar-refractivity contribution < 1.29 is 0 Å². The maximum Gasteiger partial charge on any atom is 0.128 e. The maximum atomic E-state index is 6.37. The molecule has 110 valence electrons. The van der Waals surface area contributed by atoms with E-state index >= 15 is 0 Å². The zero-order valence-corrected chi connectivity index (χ0v) is 12.6. The summed E-state index contributed by atoms with van der Waals surface area (Å²) in [6.45, 7) is 4.31. The molecule has 1 aliphatic rings. The van der Waals surface area contributed by atoms with E-state index < -0.39 is 0 Å². The van der Waals surface area contributed by atoms with Crippen LogP contribution in [0.5, 0.6) is 0 Å². The molecule has 21 heavy (non-hydrogen) atoms. The minimum Gasteiger partial charge on any atom is -0.367 e. The molecule has 0 amide bonds. The molecule has 3 rings (SSSR count). The summed E-state index contributed by atoms with van der Waals surface area (Å²) in [4.78, 5) is 9.03. The number of aromatic nitrogens is 1.